The number of rotatable bonds is 6. The molecular weight excluding hydrogens is 404 g/mol. The normalized spacial score (nSPS) is 18.6. The SMILES string of the molecule is COc1ccc(CC2SC(=S)NC2=O)c2c1N(CCc1ccccc1)C(=O)CC2. The Labute approximate surface area is 179 Å². The van der Waals surface area contributed by atoms with Crippen molar-refractivity contribution in [1.29, 1.82) is 0 Å². The molecule has 7 heteroatoms. The van der Waals surface area contributed by atoms with Gasteiger partial charge in [0.25, 0.3) is 0 Å². The molecule has 2 aromatic rings. The summed E-state index contributed by atoms with van der Waals surface area (Å²) in [5, 5.41) is 2.48. The maximum Gasteiger partial charge on any atom is 0.239 e. The molecule has 1 saturated heterocycles. The van der Waals surface area contributed by atoms with E-state index in [1.165, 1.54) is 17.3 Å². The van der Waals surface area contributed by atoms with Crippen LogP contribution in [-0.4, -0.2) is 35.0 Å². The van der Waals surface area contributed by atoms with Crippen molar-refractivity contribution in [3.8, 4) is 5.75 Å². The molecule has 2 aromatic carbocycles. The highest BCUT2D eigenvalue weighted by atomic mass is 32.2. The van der Waals surface area contributed by atoms with Gasteiger partial charge in [0.1, 0.15) is 10.1 Å². The highest BCUT2D eigenvalue weighted by Crippen LogP contribution is 2.40. The van der Waals surface area contributed by atoms with E-state index in [0.29, 0.717) is 35.9 Å². The van der Waals surface area contributed by atoms with E-state index < -0.39 is 0 Å². The summed E-state index contributed by atoms with van der Waals surface area (Å²) in [6.45, 7) is 0.596. The maximum atomic E-state index is 12.8. The minimum atomic E-state index is -0.226. The first-order valence-electron chi connectivity index (χ1n) is 9.61. The van der Waals surface area contributed by atoms with Crippen molar-refractivity contribution in [1.82, 2.24) is 5.32 Å². The van der Waals surface area contributed by atoms with Crippen molar-refractivity contribution in [3.05, 3.63) is 59.2 Å². The number of carbonyl (C=O) groups is 2. The molecule has 0 aromatic heterocycles. The van der Waals surface area contributed by atoms with Crippen LogP contribution in [0.15, 0.2) is 42.5 Å². The molecule has 5 nitrogen and oxygen atoms in total. The molecule has 0 spiro atoms. The first kappa shape index (κ1) is 19.9. The number of thiocarbonyl (C=S) groups is 1. The number of hydrogen-bond donors (Lipinski definition) is 1. The minimum absolute atomic E-state index is 0.0441. The Balaban J connectivity index is 1.64. The van der Waals surface area contributed by atoms with Gasteiger partial charge in [-0.2, -0.15) is 0 Å². The van der Waals surface area contributed by atoms with Gasteiger partial charge in [0.05, 0.1) is 18.0 Å². The summed E-state index contributed by atoms with van der Waals surface area (Å²) in [5.74, 6) is 0.763. The Morgan fingerprint density at radius 2 is 1.97 bits per heavy atom. The van der Waals surface area contributed by atoms with E-state index in [4.69, 9.17) is 17.0 Å². The number of methoxy groups -OCH3 is 1. The van der Waals surface area contributed by atoms with Crippen molar-refractivity contribution >= 4 is 45.8 Å². The molecule has 1 N–H and O–H groups in total. The van der Waals surface area contributed by atoms with Crippen LogP contribution in [0.2, 0.25) is 0 Å². The zero-order chi connectivity index (χ0) is 20.4. The van der Waals surface area contributed by atoms with Crippen molar-refractivity contribution in [2.75, 3.05) is 18.6 Å². The van der Waals surface area contributed by atoms with Gasteiger partial charge in [-0.1, -0.05) is 60.4 Å². The van der Waals surface area contributed by atoms with E-state index in [0.717, 1.165) is 23.2 Å². The fourth-order valence-corrected chi connectivity index (χ4v) is 5.22. The van der Waals surface area contributed by atoms with Crippen LogP contribution in [0.5, 0.6) is 5.75 Å². The predicted octanol–water partition coefficient (Wildman–Crippen LogP) is 3.28. The monoisotopic (exact) mass is 426 g/mol. The first-order chi connectivity index (χ1) is 14.1. The van der Waals surface area contributed by atoms with Crippen molar-refractivity contribution in [3.63, 3.8) is 0 Å². The second-order valence-corrected chi connectivity index (χ2v) is 9.00. The highest BCUT2D eigenvalue weighted by Gasteiger charge is 2.33. The van der Waals surface area contributed by atoms with Gasteiger partial charge in [0.2, 0.25) is 11.8 Å². The number of anilines is 1. The summed E-state index contributed by atoms with van der Waals surface area (Å²) >= 11 is 6.52. The number of nitrogens with one attached hydrogen (secondary N) is 1. The molecule has 2 aliphatic heterocycles. The number of amides is 2. The Hall–Kier alpha value is -2.38. The molecule has 1 unspecified atom stereocenters. The minimum Gasteiger partial charge on any atom is -0.495 e. The molecule has 2 heterocycles. The average Bonchev–Trinajstić information content (AvgIpc) is 3.04. The van der Waals surface area contributed by atoms with Crippen LogP contribution in [0.4, 0.5) is 5.69 Å². The van der Waals surface area contributed by atoms with Gasteiger partial charge in [0, 0.05) is 13.0 Å². The topological polar surface area (TPSA) is 58.6 Å². The molecule has 2 aliphatic rings. The molecule has 150 valence electrons. The Bertz CT molecular complexity index is 962. The number of fused-ring (bicyclic) bond motifs is 1. The third-order valence-electron chi connectivity index (χ3n) is 5.36. The molecule has 2 amide bonds. The van der Waals surface area contributed by atoms with Crippen molar-refractivity contribution < 1.29 is 14.3 Å². The number of thioether (sulfide) groups is 1. The molecule has 0 saturated carbocycles. The lowest BCUT2D eigenvalue weighted by molar-refractivity contribution is -0.119. The Kier molecular flexibility index (Phi) is 5.87. The molecule has 1 atom stereocenters. The average molecular weight is 427 g/mol. The quantitative estimate of drug-likeness (QED) is 0.719. The molecule has 0 bridgehead atoms. The Morgan fingerprint density at radius 1 is 1.17 bits per heavy atom. The molecule has 1 fully saturated rings. The molecule has 4 rings (SSSR count). The first-order valence-corrected chi connectivity index (χ1v) is 10.9. The number of nitrogens with zero attached hydrogens (tertiary/aromatic N) is 1. The summed E-state index contributed by atoms with van der Waals surface area (Å²) in [6.07, 6.45) is 2.48. The van der Waals surface area contributed by atoms with Crippen molar-refractivity contribution in [2.45, 2.75) is 30.9 Å². The second kappa shape index (κ2) is 8.55. The van der Waals surface area contributed by atoms with E-state index in [-0.39, 0.29) is 17.1 Å². The Morgan fingerprint density at radius 3 is 2.66 bits per heavy atom. The van der Waals surface area contributed by atoms with Gasteiger partial charge in [0.15, 0.2) is 0 Å². The second-order valence-electron chi connectivity index (χ2n) is 7.12. The summed E-state index contributed by atoms with van der Waals surface area (Å²) in [4.78, 5) is 26.8. The maximum absolute atomic E-state index is 12.8. The van der Waals surface area contributed by atoms with Gasteiger partial charge >= 0.3 is 0 Å². The number of carbonyl (C=O) groups excluding carboxylic acids is 2. The summed E-state index contributed by atoms with van der Waals surface area (Å²) in [6, 6.07) is 14.1. The third-order valence-corrected chi connectivity index (χ3v) is 6.73. The van der Waals surface area contributed by atoms with Crippen molar-refractivity contribution in [2.24, 2.45) is 0 Å². The predicted molar refractivity (Wildman–Crippen MR) is 120 cm³/mol. The summed E-state index contributed by atoms with van der Waals surface area (Å²) < 4.78 is 6.14. The summed E-state index contributed by atoms with van der Waals surface area (Å²) in [5.41, 5.74) is 4.22. The fourth-order valence-electron chi connectivity index (χ4n) is 3.93. The van der Waals surface area contributed by atoms with Crippen LogP contribution in [0.25, 0.3) is 0 Å². The lowest BCUT2D eigenvalue weighted by atomic mass is 9.92. The zero-order valence-electron chi connectivity index (χ0n) is 16.1. The standard InChI is InChI=1S/C22H22N2O3S2/c1-27-17-9-7-15(13-18-21(26)23-22(28)29-18)16-8-10-19(25)24(20(16)17)12-11-14-5-3-2-4-6-14/h2-7,9,18H,8,10-13H2,1H3,(H,23,26,28). The van der Waals surface area contributed by atoms with Gasteiger partial charge in [-0.05, 0) is 42.0 Å². The van der Waals surface area contributed by atoms with Crippen LogP contribution in [0.3, 0.4) is 0 Å². The van der Waals surface area contributed by atoms with E-state index in [2.05, 4.69) is 17.4 Å². The van der Waals surface area contributed by atoms with Crippen LogP contribution >= 0.6 is 24.0 Å². The molecule has 0 radical (unpaired) electrons. The third kappa shape index (κ3) is 4.16. The highest BCUT2D eigenvalue weighted by molar-refractivity contribution is 8.24. The fraction of sp³-hybridized carbons (Fsp3) is 0.318. The lowest BCUT2D eigenvalue weighted by Gasteiger charge is -2.32. The van der Waals surface area contributed by atoms with E-state index >= 15 is 0 Å². The van der Waals surface area contributed by atoms with Gasteiger partial charge in [-0.25, -0.2) is 0 Å². The van der Waals surface area contributed by atoms with Crippen LogP contribution in [0.1, 0.15) is 23.1 Å². The zero-order valence-corrected chi connectivity index (χ0v) is 17.8. The lowest BCUT2D eigenvalue weighted by Crippen LogP contribution is -2.37. The smallest absolute Gasteiger partial charge is 0.239 e. The van der Waals surface area contributed by atoms with Gasteiger partial charge in [-0.15, -0.1) is 0 Å². The summed E-state index contributed by atoms with van der Waals surface area (Å²) in [7, 11) is 1.63. The van der Waals surface area contributed by atoms with Gasteiger partial charge < -0.3 is 15.0 Å². The van der Waals surface area contributed by atoms with E-state index in [1.54, 1.807) is 7.11 Å². The molecule has 0 aliphatic carbocycles. The van der Waals surface area contributed by atoms with E-state index in [9.17, 15) is 9.59 Å². The van der Waals surface area contributed by atoms with E-state index in [1.807, 2.05) is 35.2 Å². The van der Waals surface area contributed by atoms with Gasteiger partial charge in [-0.3, -0.25) is 9.59 Å². The van der Waals surface area contributed by atoms with Crippen LogP contribution in [0, 0.1) is 0 Å². The number of hydrogen-bond acceptors (Lipinski definition) is 5. The van der Waals surface area contributed by atoms with Crippen LogP contribution < -0.4 is 15.0 Å². The number of ether oxygens (including phenoxy) is 1. The molecular formula is C22H22N2O3S2. The molecule has 29 heavy (non-hydrogen) atoms. The number of benzene rings is 2. The largest absolute Gasteiger partial charge is 0.495 e. The van der Waals surface area contributed by atoms with Crippen LogP contribution in [-0.2, 0) is 28.9 Å².